The molecule has 0 spiro atoms. The summed E-state index contributed by atoms with van der Waals surface area (Å²) in [4.78, 5) is 19.6. The molecule has 18 heavy (non-hydrogen) atoms. The molecule has 0 aromatic carbocycles. The van der Waals surface area contributed by atoms with Crippen LogP contribution in [-0.4, -0.2) is 38.1 Å². The van der Waals surface area contributed by atoms with Crippen LogP contribution in [0.2, 0.25) is 5.28 Å². The average Bonchev–Trinajstić information content (AvgIpc) is 2.25. The summed E-state index contributed by atoms with van der Waals surface area (Å²) >= 11 is 5.69. The van der Waals surface area contributed by atoms with Gasteiger partial charge in [0.2, 0.25) is 5.28 Å². The molecule has 0 fully saturated rings. The SMILES string of the molecule is Cc1cc(C(=O)NC(C)CCS(C)=O)nc(Cl)n1. The summed E-state index contributed by atoms with van der Waals surface area (Å²) in [5, 5.41) is 2.84. The van der Waals surface area contributed by atoms with Crippen LogP contribution in [0.25, 0.3) is 0 Å². The van der Waals surface area contributed by atoms with E-state index < -0.39 is 10.8 Å². The molecule has 0 saturated heterocycles. The number of nitrogens with zero attached hydrogens (tertiary/aromatic N) is 2. The van der Waals surface area contributed by atoms with Gasteiger partial charge in [0.25, 0.3) is 5.91 Å². The van der Waals surface area contributed by atoms with Crippen molar-refractivity contribution in [2.75, 3.05) is 12.0 Å². The van der Waals surface area contributed by atoms with Gasteiger partial charge in [0.05, 0.1) is 0 Å². The van der Waals surface area contributed by atoms with E-state index in [0.717, 1.165) is 0 Å². The Morgan fingerprint density at radius 2 is 2.22 bits per heavy atom. The Hall–Kier alpha value is -1.01. The molecule has 0 aliphatic heterocycles. The molecule has 1 aromatic heterocycles. The zero-order chi connectivity index (χ0) is 13.7. The highest BCUT2D eigenvalue weighted by molar-refractivity contribution is 7.84. The monoisotopic (exact) mass is 289 g/mol. The van der Waals surface area contributed by atoms with Crippen molar-refractivity contribution in [3.05, 3.63) is 22.7 Å². The number of rotatable bonds is 5. The Balaban J connectivity index is 2.61. The molecule has 1 aromatic rings. The van der Waals surface area contributed by atoms with Gasteiger partial charge in [0, 0.05) is 34.5 Å². The highest BCUT2D eigenvalue weighted by Gasteiger charge is 2.13. The van der Waals surface area contributed by atoms with Gasteiger partial charge in [-0.05, 0) is 37.9 Å². The third-order valence-corrected chi connectivity index (χ3v) is 3.26. The minimum absolute atomic E-state index is 0.0578. The first kappa shape index (κ1) is 15.0. The van der Waals surface area contributed by atoms with Gasteiger partial charge < -0.3 is 5.32 Å². The topological polar surface area (TPSA) is 72.0 Å². The van der Waals surface area contributed by atoms with E-state index in [1.165, 1.54) is 0 Å². The molecule has 1 amide bonds. The second kappa shape index (κ2) is 6.80. The fourth-order valence-electron chi connectivity index (χ4n) is 1.36. The van der Waals surface area contributed by atoms with Crippen LogP contribution in [-0.2, 0) is 10.8 Å². The first-order valence-corrected chi connectivity index (χ1v) is 7.61. The maximum atomic E-state index is 11.9. The number of carbonyl (C=O) groups is 1. The van der Waals surface area contributed by atoms with Gasteiger partial charge in [-0.3, -0.25) is 9.00 Å². The summed E-state index contributed by atoms with van der Waals surface area (Å²) in [7, 11) is -0.851. The molecular weight excluding hydrogens is 274 g/mol. The molecule has 100 valence electrons. The van der Waals surface area contributed by atoms with Crippen LogP contribution in [0.1, 0.15) is 29.5 Å². The van der Waals surface area contributed by atoms with E-state index in [0.29, 0.717) is 17.9 Å². The molecule has 7 heteroatoms. The summed E-state index contributed by atoms with van der Waals surface area (Å²) in [6.45, 7) is 3.61. The molecule has 1 heterocycles. The third kappa shape index (κ3) is 5.10. The van der Waals surface area contributed by atoms with Gasteiger partial charge in [-0.15, -0.1) is 0 Å². The number of aromatic nitrogens is 2. The lowest BCUT2D eigenvalue weighted by Crippen LogP contribution is -2.34. The number of aryl methyl sites for hydroxylation is 1. The molecule has 0 saturated carbocycles. The van der Waals surface area contributed by atoms with Gasteiger partial charge in [-0.2, -0.15) is 0 Å². The zero-order valence-electron chi connectivity index (χ0n) is 10.6. The van der Waals surface area contributed by atoms with Crippen molar-refractivity contribution in [2.45, 2.75) is 26.3 Å². The van der Waals surface area contributed by atoms with Gasteiger partial charge in [-0.25, -0.2) is 9.97 Å². The van der Waals surface area contributed by atoms with Crippen molar-refractivity contribution in [2.24, 2.45) is 0 Å². The Morgan fingerprint density at radius 1 is 1.56 bits per heavy atom. The Morgan fingerprint density at radius 3 is 2.78 bits per heavy atom. The Bertz CT molecular complexity index is 447. The third-order valence-electron chi connectivity index (χ3n) is 2.28. The first-order chi connectivity index (χ1) is 8.38. The van der Waals surface area contributed by atoms with Crippen molar-refractivity contribution >= 4 is 28.3 Å². The van der Waals surface area contributed by atoms with E-state index in [9.17, 15) is 9.00 Å². The number of hydrogen-bond acceptors (Lipinski definition) is 4. The second-order valence-electron chi connectivity index (χ2n) is 4.10. The highest BCUT2D eigenvalue weighted by atomic mass is 35.5. The van der Waals surface area contributed by atoms with E-state index in [1.54, 1.807) is 19.2 Å². The molecule has 0 radical (unpaired) electrons. The van der Waals surface area contributed by atoms with Crippen molar-refractivity contribution in [1.82, 2.24) is 15.3 Å². The second-order valence-corrected chi connectivity index (χ2v) is 6.00. The number of hydrogen-bond donors (Lipinski definition) is 1. The molecule has 0 bridgehead atoms. The van der Waals surface area contributed by atoms with Crippen molar-refractivity contribution < 1.29 is 9.00 Å². The highest BCUT2D eigenvalue weighted by Crippen LogP contribution is 2.06. The van der Waals surface area contributed by atoms with E-state index in [-0.39, 0.29) is 22.9 Å². The maximum absolute atomic E-state index is 11.9. The number of halogens is 1. The minimum atomic E-state index is -0.851. The first-order valence-electron chi connectivity index (χ1n) is 5.50. The molecular formula is C11H16ClN3O2S. The van der Waals surface area contributed by atoms with Crippen LogP contribution >= 0.6 is 11.6 Å². The fourth-order valence-corrected chi connectivity index (χ4v) is 2.27. The molecule has 0 aliphatic rings. The Labute approximate surface area is 114 Å². The largest absolute Gasteiger partial charge is 0.348 e. The fraction of sp³-hybridized carbons (Fsp3) is 0.545. The lowest BCUT2D eigenvalue weighted by atomic mass is 10.2. The van der Waals surface area contributed by atoms with Crippen molar-refractivity contribution in [3.8, 4) is 0 Å². The van der Waals surface area contributed by atoms with Crippen LogP contribution < -0.4 is 5.32 Å². The number of amides is 1. The van der Waals surface area contributed by atoms with Crippen LogP contribution in [0.15, 0.2) is 6.07 Å². The summed E-state index contributed by atoms with van der Waals surface area (Å²) < 4.78 is 11.0. The van der Waals surface area contributed by atoms with Crippen LogP contribution in [0, 0.1) is 6.92 Å². The predicted octanol–water partition coefficient (Wildman–Crippen LogP) is 1.33. The maximum Gasteiger partial charge on any atom is 0.270 e. The van der Waals surface area contributed by atoms with Gasteiger partial charge in [0.15, 0.2) is 0 Å². The average molecular weight is 290 g/mol. The zero-order valence-corrected chi connectivity index (χ0v) is 12.1. The molecule has 2 unspecified atom stereocenters. The van der Waals surface area contributed by atoms with Crippen molar-refractivity contribution in [3.63, 3.8) is 0 Å². The van der Waals surface area contributed by atoms with Gasteiger partial charge >= 0.3 is 0 Å². The van der Waals surface area contributed by atoms with Crippen LogP contribution in [0.4, 0.5) is 0 Å². The molecule has 2 atom stereocenters. The summed E-state index contributed by atoms with van der Waals surface area (Å²) in [6, 6.07) is 1.52. The minimum Gasteiger partial charge on any atom is -0.348 e. The predicted molar refractivity (Wildman–Crippen MR) is 72.3 cm³/mol. The van der Waals surface area contributed by atoms with Crippen LogP contribution in [0.3, 0.4) is 0 Å². The smallest absolute Gasteiger partial charge is 0.270 e. The van der Waals surface area contributed by atoms with Gasteiger partial charge in [-0.1, -0.05) is 0 Å². The Kier molecular flexibility index (Phi) is 5.68. The lowest BCUT2D eigenvalue weighted by molar-refractivity contribution is 0.0934. The quantitative estimate of drug-likeness (QED) is 0.830. The number of carbonyl (C=O) groups excluding carboxylic acids is 1. The number of nitrogens with one attached hydrogen (secondary N) is 1. The molecule has 5 nitrogen and oxygen atoms in total. The van der Waals surface area contributed by atoms with E-state index in [2.05, 4.69) is 15.3 Å². The summed E-state index contributed by atoms with van der Waals surface area (Å²) in [5.41, 5.74) is 0.888. The van der Waals surface area contributed by atoms with Crippen LogP contribution in [0.5, 0.6) is 0 Å². The molecule has 1 rings (SSSR count). The normalized spacial score (nSPS) is 14.0. The van der Waals surface area contributed by atoms with E-state index in [1.807, 2.05) is 6.92 Å². The van der Waals surface area contributed by atoms with E-state index in [4.69, 9.17) is 11.6 Å². The lowest BCUT2D eigenvalue weighted by Gasteiger charge is -2.12. The summed E-state index contributed by atoms with van der Waals surface area (Å²) in [6.07, 6.45) is 2.30. The van der Waals surface area contributed by atoms with Crippen molar-refractivity contribution in [1.29, 1.82) is 0 Å². The van der Waals surface area contributed by atoms with E-state index >= 15 is 0 Å². The summed E-state index contributed by atoms with van der Waals surface area (Å²) in [5.74, 6) is 0.266. The standard InChI is InChI=1S/C11H16ClN3O2S/c1-7(4-5-18(3)17)13-10(16)9-6-8(2)14-11(12)15-9/h6-7H,4-5H2,1-3H3,(H,13,16). The molecule has 1 N–H and O–H groups in total. The van der Waals surface area contributed by atoms with Gasteiger partial charge in [0.1, 0.15) is 5.69 Å². The molecule has 0 aliphatic carbocycles.